The normalized spacial score (nSPS) is 22.7. The second kappa shape index (κ2) is 3.52. The molecule has 4 heteroatoms. The van der Waals surface area contributed by atoms with Gasteiger partial charge in [0.15, 0.2) is 5.82 Å². The van der Waals surface area contributed by atoms with Crippen LogP contribution in [0.25, 0.3) is 0 Å². The number of piperidine rings is 1. The summed E-state index contributed by atoms with van der Waals surface area (Å²) < 4.78 is 1.78. The number of nitrogens with zero attached hydrogens (tertiary/aromatic N) is 3. The van der Waals surface area contributed by atoms with E-state index in [0.29, 0.717) is 6.04 Å². The molecule has 0 spiro atoms. The minimum atomic E-state index is 0.570. The van der Waals surface area contributed by atoms with Crippen molar-refractivity contribution >= 4 is 11.5 Å². The van der Waals surface area contributed by atoms with Gasteiger partial charge in [0.25, 0.3) is 0 Å². The molecule has 1 fully saturated rings. The van der Waals surface area contributed by atoms with Gasteiger partial charge in [0.05, 0.1) is 5.69 Å². The minimum absolute atomic E-state index is 0.570. The Hall–Kier alpha value is -1.19. The van der Waals surface area contributed by atoms with Gasteiger partial charge in [-0.3, -0.25) is 4.68 Å². The zero-order chi connectivity index (χ0) is 10.1. The lowest BCUT2D eigenvalue weighted by molar-refractivity contribution is 0.479. The minimum Gasteiger partial charge on any atom is -0.394 e. The molecule has 2 N–H and O–H groups in total. The van der Waals surface area contributed by atoms with E-state index in [1.165, 1.54) is 19.3 Å². The maximum absolute atomic E-state index is 5.91. The summed E-state index contributed by atoms with van der Waals surface area (Å²) in [5.41, 5.74) is 6.70. The third kappa shape index (κ3) is 1.56. The van der Waals surface area contributed by atoms with Crippen LogP contribution in [0.3, 0.4) is 0 Å². The molecule has 1 aromatic rings. The average Bonchev–Trinajstić information content (AvgIpc) is 2.46. The first kappa shape index (κ1) is 9.37. The Morgan fingerprint density at radius 1 is 1.50 bits per heavy atom. The number of anilines is 2. The lowest BCUT2D eigenvalue weighted by atomic mass is 10.0. The number of hydrogen-bond donors (Lipinski definition) is 1. The summed E-state index contributed by atoms with van der Waals surface area (Å²) in [6.45, 7) is 3.33. The molecule has 0 aromatic carbocycles. The van der Waals surface area contributed by atoms with Crippen LogP contribution < -0.4 is 10.6 Å². The zero-order valence-electron chi connectivity index (χ0n) is 8.90. The molecule has 1 aliphatic heterocycles. The molecular formula is C10H18N4. The molecule has 1 atom stereocenters. The van der Waals surface area contributed by atoms with Crippen molar-refractivity contribution in [2.24, 2.45) is 7.05 Å². The van der Waals surface area contributed by atoms with E-state index in [9.17, 15) is 0 Å². The number of aryl methyl sites for hydroxylation is 1. The van der Waals surface area contributed by atoms with Crippen molar-refractivity contribution in [2.75, 3.05) is 17.2 Å². The third-order valence-corrected chi connectivity index (χ3v) is 2.91. The van der Waals surface area contributed by atoms with Gasteiger partial charge in [-0.2, -0.15) is 5.10 Å². The van der Waals surface area contributed by atoms with Gasteiger partial charge in [-0.25, -0.2) is 0 Å². The van der Waals surface area contributed by atoms with Gasteiger partial charge >= 0.3 is 0 Å². The summed E-state index contributed by atoms with van der Waals surface area (Å²) in [5.74, 6) is 0.958. The van der Waals surface area contributed by atoms with Gasteiger partial charge < -0.3 is 10.6 Å². The van der Waals surface area contributed by atoms with Gasteiger partial charge in [0, 0.05) is 25.8 Å². The van der Waals surface area contributed by atoms with Crippen LogP contribution in [0.2, 0.25) is 0 Å². The van der Waals surface area contributed by atoms with E-state index in [1.54, 1.807) is 4.68 Å². The van der Waals surface area contributed by atoms with E-state index in [2.05, 4.69) is 16.9 Å². The highest BCUT2D eigenvalue weighted by molar-refractivity contribution is 5.62. The fraction of sp³-hybridized carbons (Fsp3) is 0.700. The third-order valence-electron chi connectivity index (χ3n) is 2.91. The van der Waals surface area contributed by atoms with E-state index in [4.69, 9.17) is 5.73 Å². The second-order valence-corrected chi connectivity index (χ2v) is 4.12. The Kier molecular flexibility index (Phi) is 2.35. The van der Waals surface area contributed by atoms with Crippen molar-refractivity contribution in [2.45, 2.75) is 32.2 Å². The molecule has 2 rings (SSSR count). The Morgan fingerprint density at radius 2 is 2.29 bits per heavy atom. The van der Waals surface area contributed by atoms with Crippen LogP contribution in [0, 0.1) is 0 Å². The summed E-state index contributed by atoms with van der Waals surface area (Å²) >= 11 is 0. The van der Waals surface area contributed by atoms with Crippen LogP contribution in [0.1, 0.15) is 26.2 Å². The van der Waals surface area contributed by atoms with Crippen LogP contribution in [-0.4, -0.2) is 22.4 Å². The van der Waals surface area contributed by atoms with Gasteiger partial charge in [-0.05, 0) is 26.2 Å². The predicted octanol–water partition coefficient (Wildman–Crippen LogP) is 1.38. The monoisotopic (exact) mass is 194 g/mol. The summed E-state index contributed by atoms with van der Waals surface area (Å²) in [6, 6.07) is 0.570. The van der Waals surface area contributed by atoms with E-state index in [0.717, 1.165) is 18.1 Å². The Bertz CT molecular complexity index is 318. The molecule has 78 valence electrons. The first-order valence-electron chi connectivity index (χ1n) is 5.24. The largest absolute Gasteiger partial charge is 0.394 e. The van der Waals surface area contributed by atoms with Crippen molar-refractivity contribution in [3.63, 3.8) is 0 Å². The highest BCUT2D eigenvalue weighted by Gasteiger charge is 2.22. The molecule has 0 unspecified atom stereocenters. The summed E-state index contributed by atoms with van der Waals surface area (Å²) in [4.78, 5) is 2.32. The predicted molar refractivity (Wildman–Crippen MR) is 58.3 cm³/mol. The maximum atomic E-state index is 5.91. The molecule has 0 radical (unpaired) electrons. The fourth-order valence-corrected chi connectivity index (χ4v) is 2.13. The van der Waals surface area contributed by atoms with Crippen LogP contribution in [0.15, 0.2) is 6.20 Å². The van der Waals surface area contributed by atoms with Crippen LogP contribution in [0.5, 0.6) is 0 Å². The van der Waals surface area contributed by atoms with Crippen LogP contribution in [-0.2, 0) is 7.05 Å². The van der Waals surface area contributed by atoms with Crippen LogP contribution >= 0.6 is 0 Å². The first-order valence-corrected chi connectivity index (χ1v) is 5.24. The number of rotatable bonds is 1. The lowest BCUT2D eigenvalue weighted by Gasteiger charge is -2.33. The first-order chi connectivity index (χ1) is 6.68. The molecule has 1 aliphatic rings. The van der Waals surface area contributed by atoms with Crippen LogP contribution in [0.4, 0.5) is 11.5 Å². The summed E-state index contributed by atoms with van der Waals surface area (Å²) in [5, 5.41) is 4.40. The maximum Gasteiger partial charge on any atom is 0.174 e. The molecule has 1 aromatic heterocycles. The molecule has 14 heavy (non-hydrogen) atoms. The topological polar surface area (TPSA) is 47.1 Å². The van der Waals surface area contributed by atoms with Gasteiger partial charge in [0.2, 0.25) is 0 Å². The molecule has 0 aliphatic carbocycles. The van der Waals surface area contributed by atoms with E-state index >= 15 is 0 Å². The Labute approximate surface area is 84.7 Å². The molecule has 1 saturated heterocycles. The van der Waals surface area contributed by atoms with E-state index < -0.39 is 0 Å². The number of aromatic nitrogens is 2. The summed E-state index contributed by atoms with van der Waals surface area (Å²) in [6.07, 6.45) is 5.69. The second-order valence-electron chi connectivity index (χ2n) is 4.12. The molecular weight excluding hydrogens is 176 g/mol. The number of hydrogen-bond acceptors (Lipinski definition) is 3. The zero-order valence-corrected chi connectivity index (χ0v) is 8.90. The highest BCUT2D eigenvalue weighted by atomic mass is 15.4. The summed E-state index contributed by atoms with van der Waals surface area (Å²) in [7, 11) is 1.91. The van der Waals surface area contributed by atoms with Gasteiger partial charge in [-0.15, -0.1) is 0 Å². The van der Waals surface area contributed by atoms with Crippen molar-refractivity contribution < 1.29 is 0 Å². The van der Waals surface area contributed by atoms with Crippen molar-refractivity contribution in [1.29, 1.82) is 0 Å². The fourth-order valence-electron chi connectivity index (χ4n) is 2.13. The molecule has 0 saturated carbocycles. The highest BCUT2D eigenvalue weighted by Crippen LogP contribution is 2.27. The molecule has 4 nitrogen and oxygen atoms in total. The van der Waals surface area contributed by atoms with E-state index in [-0.39, 0.29) is 0 Å². The van der Waals surface area contributed by atoms with Gasteiger partial charge in [-0.1, -0.05) is 0 Å². The lowest BCUT2D eigenvalue weighted by Crippen LogP contribution is -2.38. The SMILES string of the molecule is C[C@H]1CCCCN1c1nn(C)cc1N. The molecule has 0 bridgehead atoms. The van der Waals surface area contributed by atoms with Crippen molar-refractivity contribution in [3.8, 4) is 0 Å². The number of nitrogen functional groups attached to an aromatic ring is 1. The Balaban J connectivity index is 2.24. The van der Waals surface area contributed by atoms with E-state index in [1.807, 2.05) is 13.2 Å². The smallest absolute Gasteiger partial charge is 0.174 e. The average molecular weight is 194 g/mol. The Morgan fingerprint density at radius 3 is 2.86 bits per heavy atom. The van der Waals surface area contributed by atoms with Crippen molar-refractivity contribution in [1.82, 2.24) is 9.78 Å². The molecule has 0 amide bonds. The van der Waals surface area contributed by atoms with Gasteiger partial charge in [0.1, 0.15) is 0 Å². The quantitative estimate of drug-likeness (QED) is 0.734. The number of nitrogens with two attached hydrogens (primary N) is 1. The standard InChI is InChI=1S/C10H18N4/c1-8-5-3-4-6-14(8)10-9(11)7-13(2)12-10/h7-8H,3-6,11H2,1-2H3/t8-/m0/s1. The molecule has 2 heterocycles. The van der Waals surface area contributed by atoms with Crippen molar-refractivity contribution in [3.05, 3.63) is 6.20 Å².